The van der Waals surface area contributed by atoms with E-state index in [1.54, 1.807) is 31.9 Å². The van der Waals surface area contributed by atoms with Crippen LogP contribution in [0.15, 0.2) is 17.0 Å². The molecule has 1 amide bonds. The number of aryl methyl sites for hydroxylation is 2. The Bertz CT molecular complexity index is 636. The lowest BCUT2D eigenvalue weighted by molar-refractivity contribution is 0.0784. The lowest BCUT2D eigenvalue weighted by Gasteiger charge is -2.18. The molecule has 0 atom stereocenters. The van der Waals surface area contributed by atoms with Crippen LogP contribution in [-0.4, -0.2) is 32.3 Å². The van der Waals surface area contributed by atoms with Gasteiger partial charge in [-0.05, 0) is 43.9 Å². The van der Waals surface area contributed by atoms with Crippen LogP contribution in [0.2, 0.25) is 0 Å². The fourth-order valence-electron chi connectivity index (χ4n) is 2.14. The lowest BCUT2D eigenvalue weighted by atomic mass is 10.0. The number of rotatable bonds is 3. The van der Waals surface area contributed by atoms with Crippen LogP contribution in [-0.2, 0) is 9.05 Å². The highest BCUT2D eigenvalue weighted by molar-refractivity contribution is 8.13. The van der Waals surface area contributed by atoms with Gasteiger partial charge in [-0.1, -0.05) is 6.07 Å². The summed E-state index contributed by atoms with van der Waals surface area (Å²) in [7, 11) is 3.30. The normalized spacial score (nSPS) is 15.4. The minimum absolute atomic E-state index is 0.00677. The van der Waals surface area contributed by atoms with E-state index in [4.69, 9.17) is 10.7 Å². The van der Waals surface area contributed by atoms with Crippen LogP contribution < -0.4 is 0 Å². The van der Waals surface area contributed by atoms with Crippen LogP contribution in [0, 0.1) is 13.8 Å². The monoisotopic (exact) mass is 301 g/mol. The highest BCUT2D eigenvalue weighted by Crippen LogP contribution is 2.29. The van der Waals surface area contributed by atoms with Crippen LogP contribution in [0.4, 0.5) is 0 Å². The molecular formula is C13H16ClNO3S. The third kappa shape index (κ3) is 2.92. The Balaban J connectivity index is 2.48. The van der Waals surface area contributed by atoms with Crippen LogP contribution in [0.5, 0.6) is 0 Å². The summed E-state index contributed by atoms with van der Waals surface area (Å²) in [6.45, 7) is 3.47. The molecule has 0 aliphatic heterocycles. The molecule has 1 aromatic rings. The predicted molar refractivity (Wildman–Crippen MR) is 74.1 cm³/mol. The largest absolute Gasteiger partial charge is 0.339 e. The van der Waals surface area contributed by atoms with Crippen molar-refractivity contribution in [1.82, 2.24) is 4.90 Å². The lowest BCUT2D eigenvalue weighted by Crippen LogP contribution is -2.29. The van der Waals surface area contributed by atoms with E-state index in [1.807, 2.05) is 0 Å². The topological polar surface area (TPSA) is 54.5 Å². The molecule has 2 rings (SSSR count). The van der Waals surface area contributed by atoms with Gasteiger partial charge in [-0.2, -0.15) is 0 Å². The van der Waals surface area contributed by atoms with Crippen molar-refractivity contribution >= 4 is 25.6 Å². The zero-order valence-corrected chi connectivity index (χ0v) is 12.7. The molecule has 0 aromatic heterocycles. The zero-order valence-electron chi connectivity index (χ0n) is 11.1. The number of carbonyl (C=O) groups is 1. The third-order valence-electron chi connectivity index (χ3n) is 3.43. The molecule has 1 aromatic carbocycles. The Kier molecular flexibility index (Phi) is 3.62. The SMILES string of the molecule is Cc1cc(C)c(S(=O)(=O)Cl)cc1C(=O)N(C)C1CC1. The second kappa shape index (κ2) is 4.80. The second-order valence-electron chi connectivity index (χ2n) is 5.02. The van der Waals surface area contributed by atoms with Crippen molar-refractivity contribution < 1.29 is 13.2 Å². The minimum atomic E-state index is -3.84. The van der Waals surface area contributed by atoms with Gasteiger partial charge in [-0.15, -0.1) is 0 Å². The van der Waals surface area contributed by atoms with Crippen LogP contribution in [0.1, 0.15) is 34.3 Å². The Morgan fingerprint density at radius 1 is 1.26 bits per heavy atom. The molecule has 0 spiro atoms. The highest BCUT2D eigenvalue weighted by atomic mass is 35.7. The average Bonchev–Trinajstić information content (AvgIpc) is 3.09. The van der Waals surface area contributed by atoms with Crippen molar-refractivity contribution in [2.45, 2.75) is 37.6 Å². The molecule has 1 aliphatic rings. The molecule has 104 valence electrons. The quantitative estimate of drug-likeness (QED) is 0.806. The van der Waals surface area contributed by atoms with Crippen LogP contribution in [0.25, 0.3) is 0 Å². The van der Waals surface area contributed by atoms with Gasteiger partial charge in [0.15, 0.2) is 0 Å². The summed E-state index contributed by atoms with van der Waals surface area (Å²) in [6, 6.07) is 3.35. The van der Waals surface area contributed by atoms with Gasteiger partial charge in [0.05, 0.1) is 4.90 Å². The maximum Gasteiger partial charge on any atom is 0.261 e. The van der Waals surface area contributed by atoms with Crippen LogP contribution >= 0.6 is 10.7 Å². The van der Waals surface area contributed by atoms with E-state index < -0.39 is 9.05 Å². The summed E-state index contributed by atoms with van der Waals surface area (Å²) in [5.74, 6) is -0.151. The molecule has 0 heterocycles. The van der Waals surface area contributed by atoms with Crippen molar-refractivity contribution in [3.63, 3.8) is 0 Å². The smallest absolute Gasteiger partial charge is 0.261 e. The van der Waals surface area contributed by atoms with Gasteiger partial charge < -0.3 is 4.90 Å². The van der Waals surface area contributed by atoms with Gasteiger partial charge in [-0.3, -0.25) is 4.79 Å². The first-order valence-electron chi connectivity index (χ1n) is 6.05. The molecule has 4 nitrogen and oxygen atoms in total. The molecule has 0 saturated heterocycles. The van der Waals surface area contributed by atoms with Crippen molar-refractivity contribution in [2.75, 3.05) is 7.05 Å². The fraction of sp³-hybridized carbons (Fsp3) is 0.462. The van der Waals surface area contributed by atoms with E-state index in [-0.39, 0.29) is 16.8 Å². The van der Waals surface area contributed by atoms with Gasteiger partial charge >= 0.3 is 0 Å². The van der Waals surface area contributed by atoms with Crippen molar-refractivity contribution in [1.29, 1.82) is 0 Å². The van der Waals surface area contributed by atoms with E-state index in [1.165, 1.54) is 6.07 Å². The minimum Gasteiger partial charge on any atom is -0.339 e. The molecule has 1 saturated carbocycles. The Labute approximate surface area is 117 Å². The maximum atomic E-state index is 12.3. The van der Waals surface area contributed by atoms with Crippen molar-refractivity contribution in [2.24, 2.45) is 0 Å². The Morgan fingerprint density at radius 2 is 1.84 bits per heavy atom. The molecule has 6 heteroatoms. The first-order valence-corrected chi connectivity index (χ1v) is 8.36. The summed E-state index contributed by atoms with van der Waals surface area (Å²) in [5, 5.41) is 0. The summed E-state index contributed by atoms with van der Waals surface area (Å²) in [5.41, 5.74) is 1.72. The second-order valence-corrected chi connectivity index (χ2v) is 7.55. The first kappa shape index (κ1) is 14.3. The standard InChI is InChI=1S/C13H16ClNO3S/c1-8-6-9(2)12(19(14,17)18)7-11(8)13(16)15(3)10-4-5-10/h6-7,10H,4-5H2,1-3H3. The van der Waals surface area contributed by atoms with Crippen molar-refractivity contribution in [3.05, 3.63) is 28.8 Å². The third-order valence-corrected chi connectivity index (χ3v) is 4.89. The van der Waals surface area contributed by atoms with Gasteiger partial charge in [0.1, 0.15) is 0 Å². The van der Waals surface area contributed by atoms with Gasteiger partial charge in [0.2, 0.25) is 0 Å². The maximum absolute atomic E-state index is 12.3. The summed E-state index contributed by atoms with van der Waals surface area (Å²) in [4.78, 5) is 14.0. The number of hydrogen-bond acceptors (Lipinski definition) is 3. The van der Waals surface area contributed by atoms with E-state index in [0.717, 1.165) is 18.4 Å². The Hall–Kier alpha value is -1.07. The molecule has 19 heavy (non-hydrogen) atoms. The first-order chi connectivity index (χ1) is 8.71. The predicted octanol–water partition coefficient (Wildman–Crippen LogP) is 2.47. The van der Waals surface area contributed by atoms with Crippen molar-refractivity contribution in [3.8, 4) is 0 Å². The van der Waals surface area contributed by atoms with Gasteiger partial charge in [0, 0.05) is 29.3 Å². The number of nitrogens with zero attached hydrogens (tertiary/aromatic N) is 1. The van der Waals surface area contributed by atoms with Crippen LogP contribution in [0.3, 0.4) is 0 Å². The number of carbonyl (C=O) groups excluding carboxylic acids is 1. The number of halogens is 1. The molecule has 0 N–H and O–H groups in total. The highest BCUT2D eigenvalue weighted by Gasteiger charge is 2.31. The molecule has 1 fully saturated rings. The summed E-state index contributed by atoms with van der Waals surface area (Å²) < 4.78 is 23.0. The van der Waals surface area contributed by atoms with Gasteiger partial charge in [-0.25, -0.2) is 8.42 Å². The van der Waals surface area contributed by atoms with E-state index in [0.29, 0.717) is 11.1 Å². The molecule has 1 aliphatic carbocycles. The Morgan fingerprint density at radius 3 is 2.32 bits per heavy atom. The van der Waals surface area contributed by atoms with E-state index in [9.17, 15) is 13.2 Å². The molecular weight excluding hydrogens is 286 g/mol. The fourth-order valence-corrected chi connectivity index (χ4v) is 3.34. The average molecular weight is 302 g/mol. The molecule has 0 unspecified atom stereocenters. The van der Waals surface area contributed by atoms with E-state index in [2.05, 4.69) is 0 Å². The summed E-state index contributed by atoms with van der Waals surface area (Å²) >= 11 is 0. The summed E-state index contributed by atoms with van der Waals surface area (Å²) in [6.07, 6.45) is 2.02. The zero-order chi connectivity index (χ0) is 14.4. The number of amides is 1. The number of benzene rings is 1. The molecule has 0 radical (unpaired) electrons. The van der Waals surface area contributed by atoms with Gasteiger partial charge in [0.25, 0.3) is 15.0 Å². The molecule has 0 bridgehead atoms. The van der Waals surface area contributed by atoms with E-state index >= 15 is 0 Å². The number of hydrogen-bond donors (Lipinski definition) is 0.